The number of nitrogens with one attached hydrogen (secondary N) is 1. The third-order valence-electron chi connectivity index (χ3n) is 2.51. The van der Waals surface area contributed by atoms with Gasteiger partial charge >= 0.3 is 6.09 Å². The monoisotopic (exact) mass is 294 g/mol. The molecular weight excluding hydrogens is 272 g/mol. The average molecular weight is 294 g/mol. The van der Waals surface area contributed by atoms with Crippen LogP contribution in [-0.4, -0.2) is 31.6 Å². The maximum atomic E-state index is 11.6. The van der Waals surface area contributed by atoms with E-state index in [1.807, 2.05) is 6.07 Å². The predicted molar refractivity (Wildman–Crippen MR) is 81.1 cm³/mol. The molecule has 0 fully saturated rings. The van der Waals surface area contributed by atoms with Gasteiger partial charge in [0.1, 0.15) is 17.1 Å². The van der Waals surface area contributed by atoms with Gasteiger partial charge in [-0.15, -0.1) is 0 Å². The third kappa shape index (κ3) is 5.33. The molecule has 6 nitrogen and oxygen atoms in total. The minimum absolute atomic E-state index is 0.564. The van der Waals surface area contributed by atoms with Crippen molar-refractivity contribution in [1.82, 2.24) is 5.43 Å². The molecule has 0 aliphatic rings. The highest BCUT2D eigenvalue weighted by atomic mass is 16.6. The second kappa shape index (κ2) is 6.97. The van der Waals surface area contributed by atoms with Crippen LogP contribution >= 0.6 is 0 Å². The highest BCUT2D eigenvalue weighted by molar-refractivity contribution is 6.01. The molecular formula is C15H22N2O4. The number of hydrazone groups is 1. The first kappa shape index (κ1) is 16.8. The molecule has 0 spiro atoms. The summed E-state index contributed by atoms with van der Waals surface area (Å²) in [6.07, 6.45) is -0.602. The van der Waals surface area contributed by atoms with E-state index in [-0.39, 0.29) is 0 Å². The molecule has 0 radical (unpaired) electrons. The quantitative estimate of drug-likeness (QED) is 0.684. The van der Waals surface area contributed by atoms with Crippen molar-refractivity contribution >= 4 is 11.8 Å². The Labute approximate surface area is 125 Å². The number of hydrogen-bond donors (Lipinski definition) is 1. The Morgan fingerprint density at radius 2 is 1.86 bits per heavy atom. The Kier molecular flexibility index (Phi) is 5.58. The van der Waals surface area contributed by atoms with E-state index >= 15 is 0 Å². The summed E-state index contributed by atoms with van der Waals surface area (Å²) in [5, 5.41) is 4.01. The largest absolute Gasteiger partial charge is 0.497 e. The summed E-state index contributed by atoms with van der Waals surface area (Å²) in [7, 11) is 3.15. The van der Waals surface area contributed by atoms with Gasteiger partial charge in [0.15, 0.2) is 0 Å². The van der Waals surface area contributed by atoms with E-state index in [4.69, 9.17) is 14.2 Å². The van der Waals surface area contributed by atoms with E-state index in [0.717, 1.165) is 5.56 Å². The van der Waals surface area contributed by atoms with Crippen molar-refractivity contribution in [2.75, 3.05) is 14.2 Å². The van der Waals surface area contributed by atoms with Crippen LogP contribution in [0, 0.1) is 0 Å². The van der Waals surface area contributed by atoms with Crippen LogP contribution in [-0.2, 0) is 4.74 Å². The molecule has 0 bridgehead atoms. The standard InChI is InChI=1S/C15H22N2O4/c1-10(16-17-14(18)21-15(2,3)4)12-8-7-11(19-5)9-13(12)20-6/h7-9H,1-6H3,(H,17,18)/b16-10-. The lowest BCUT2D eigenvalue weighted by molar-refractivity contribution is 0.0529. The lowest BCUT2D eigenvalue weighted by Gasteiger charge is -2.18. The Hall–Kier alpha value is -2.24. The van der Waals surface area contributed by atoms with E-state index in [2.05, 4.69) is 10.5 Å². The van der Waals surface area contributed by atoms with Crippen molar-refractivity contribution in [3.63, 3.8) is 0 Å². The zero-order chi connectivity index (χ0) is 16.0. The van der Waals surface area contributed by atoms with Crippen molar-refractivity contribution in [1.29, 1.82) is 0 Å². The van der Waals surface area contributed by atoms with E-state index < -0.39 is 11.7 Å². The van der Waals surface area contributed by atoms with Gasteiger partial charge in [0.25, 0.3) is 0 Å². The van der Waals surface area contributed by atoms with Crippen LogP contribution in [0.5, 0.6) is 11.5 Å². The van der Waals surface area contributed by atoms with Crippen LogP contribution in [0.25, 0.3) is 0 Å². The van der Waals surface area contributed by atoms with Crippen LogP contribution in [0.3, 0.4) is 0 Å². The van der Waals surface area contributed by atoms with Crippen molar-refractivity contribution in [3.05, 3.63) is 23.8 Å². The summed E-state index contributed by atoms with van der Waals surface area (Å²) >= 11 is 0. The first-order chi connectivity index (χ1) is 9.76. The number of hydrogen-bond acceptors (Lipinski definition) is 5. The number of ether oxygens (including phenoxy) is 3. The van der Waals surface area contributed by atoms with Crippen LogP contribution < -0.4 is 14.9 Å². The summed E-state index contributed by atoms with van der Waals surface area (Å²) in [4.78, 5) is 11.6. The van der Waals surface area contributed by atoms with Gasteiger partial charge in [0, 0.05) is 11.6 Å². The zero-order valence-electron chi connectivity index (χ0n) is 13.3. The number of carbonyl (C=O) groups is 1. The number of amides is 1. The molecule has 116 valence electrons. The molecule has 6 heteroatoms. The average Bonchev–Trinajstić information content (AvgIpc) is 2.42. The number of nitrogens with zero attached hydrogens (tertiary/aromatic N) is 1. The molecule has 0 aromatic heterocycles. The summed E-state index contributed by atoms with van der Waals surface area (Å²) < 4.78 is 15.5. The zero-order valence-corrected chi connectivity index (χ0v) is 13.3. The smallest absolute Gasteiger partial charge is 0.428 e. The van der Waals surface area contributed by atoms with Crippen LogP contribution in [0.15, 0.2) is 23.3 Å². The fourth-order valence-electron chi connectivity index (χ4n) is 1.59. The maximum Gasteiger partial charge on any atom is 0.428 e. The molecule has 0 unspecified atom stereocenters. The van der Waals surface area contributed by atoms with E-state index in [0.29, 0.717) is 17.2 Å². The maximum absolute atomic E-state index is 11.6. The van der Waals surface area contributed by atoms with Crippen molar-refractivity contribution in [2.24, 2.45) is 5.10 Å². The lowest BCUT2D eigenvalue weighted by atomic mass is 10.1. The van der Waals surface area contributed by atoms with Gasteiger partial charge in [-0.05, 0) is 39.8 Å². The molecule has 1 aromatic rings. The molecule has 0 atom stereocenters. The van der Waals surface area contributed by atoms with E-state index in [1.54, 1.807) is 54.0 Å². The highest BCUT2D eigenvalue weighted by Gasteiger charge is 2.16. The summed E-state index contributed by atoms with van der Waals surface area (Å²) in [5.41, 5.74) is 3.15. The van der Waals surface area contributed by atoms with E-state index in [9.17, 15) is 4.79 Å². The first-order valence-corrected chi connectivity index (χ1v) is 6.52. The topological polar surface area (TPSA) is 69.2 Å². The molecule has 0 aliphatic heterocycles. The molecule has 1 rings (SSSR count). The minimum atomic E-state index is -0.602. The Morgan fingerprint density at radius 1 is 1.19 bits per heavy atom. The molecule has 21 heavy (non-hydrogen) atoms. The second-order valence-electron chi connectivity index (χ2n) is 5.38. The lowest BCUT2D eigenvalue weighted by Crippen LogP contribution is -2.30. The van der Waals surface area contributed by atoms with Gasteiger partial charge in [-0.2, -0.15) is 5.10 Å². The van der Waals surface area contributed by atoms with Crippen LogP contribution in [0.1, 0.15) is 33.3 Å². The summed E-state index contributed by atoms with van der Waals surface area (Å²) in [5.74, 6) is 1.30. The van der Waals surface area contributed by atoms with Crippen LogP contribution in [0.2, 0.25) is 0 Å². The Bertz CT molecular complexity index is 533. The number of rotatable bonds is 4. The molecule has 0 saturated carbocycles. The molecule has 1 amide bonds. The number of benzene rings is 1. The van der Waals surface area contributed by atoms with Gasteiger partial charge in [-0.1, -0.05) is 0 Å². The number of carbonyl (C=O) groups excluding carboxylic acids is 1. The fourth-order valence-corrected chi connectivity index (χ4v) is 1.59. The van der Waals surface area contributed by atoms with Gasteiger partial charge in [0.2, 0.25) is 0 Å². The van der Waals surface area contributed by atoms with Gasteiger partial charge in [-0.3, -0.25) is 0 Å². The van der Waals surface area contributed by atoms with Gasteiger partial charge in [0.05, 0.1) is 19.9 Å². The second-order valence-corrected chi connectivity index (χ2v) is 5.38. The van der Waals surface area contributed by atoms with Crippen molar-refractivity contribution < 1.29 is 19.0 Å². The van der Waals surface area contributed by atoms with Crippen molar-refractivity contribution in [2.45, 2.75) is 33.3 Å². The highest BCUT2D eigenvalue weighted by Crippen LogP contribution is 2.25. The molecule has 0 saturated heterocycles. The van der Waals surface area contributed by atoms with Gasteiger partial charge in [-0.25, -0.2) is 10.2 Å². The fraction of sp³-hybridized carbons (Fsp3) is 0.467. The van der Waals surface area contributed by atoms with E-state index in [1.165, 1.54) is 0 Å². The van der Waals surface area contributed by atoms with Crippen molar-refractivity contribution in [3.8, 4) is 11.5 Å². The number of methoxy groups -OCH3 is 2. The SMILES string of the molecule is COc1ccc(/C(C)=N\NC(=O)OC(C)(C)C)c(OC)c1. The van der Waals surface area contributed by atoms with Gasteiger partial charge < -0.3 is 14.2 Å². The third-order valence-corrected chi connectivity index (χ3v) is 2.51. The Morgan fingerprint density at radius 3 is 2.38 bits per heavy atom. The normalized spacial score (nSPS) is 11.8. The predicted octanol–water partition coefficient (Wildman–Crippen LogP) is 2.95. The molecule has 0 heterocycles. The molecule has 1 N–H and O–H groups in total. The van der Waals surface area contributed by atoms with Crippen LogP contribution in [0.4, 0.5) is 4.79 Å². The Balaban J connectivity index is 2.85. The summed E-state index contributed by atoms with van der Waals surface area (Å²) in [6, 6.07) is 5.36. The molecule has 1 aromatic carbocycles. The first-order valence-electron chi connectivity index (χ1n) is 6.52. The minimum Gasteiger partial charge on any atom is -0.497 e. The summed E-state index contributed by atoms with van der Waals surface area (Å²) in [6.45, 7) is 7.13. The molecule has 0 aliphatic carbocycles.